The summed E-state index contributed by atoms with van der Waals surface area (Å²) in [5.41, 5.74) is 0.774. The van der Waals surface area contributed by atoms with Gasteiger partial charge in [0.2, 0.25) is 11.8 Å². The largest absolute Gasteiger partial charge is 0.508 e. The van der Waals surface area contributed by atoms with Gasteiger partial charge in [0.1, 0.15) is 5.75 Å². The predicted molar refractivity (Wildman–Crippen MR) is 129 cm³/mol. The number of carboxylic acids is 1. The van der Waals surface area contributed by atoms with Crippen molar-refractivity contribution in [2.75, 3.05) is 6.54 Å². The number of likely N-dealkylation sites (tertiary alicyclic amines) is 1. The van der Waals surface area contributed by atoms with Crippen LogP contribution in [0.5, 0.6) is 5.75 Å². The van der Waals surface area contributed by atoms with Gasteiger partial charge >= 0.3 is 10.8 Å². The number of unbranched alkanes of at least 4 members (excludes halogenated alkanes) is 2. The summed E-state index contributed by atoms with van der Waals surface area (Å²) in [6.45, 7) is 0.343. The molecule has 3 N–H and O–H groups in total. The monoisotopic (exact) mass is 514 g/mol. The van der Waals surface area contributed by atoms with E-state index in [1.165, 1.54) is 16.2 Å². The highest BCUT2D eigenvalue weighted by atomic mass is 32.2. The van der Waals surface area contributed by atoms with E-state index in [4.69, 9.17) is 5.11 Å². The van der Waals surface area contributed by atoms with Crippen molar-refractivity contribution < 1.29 is 24.6 Å². The fourth-order valence-electron chi connectivity index (χ4n) is 7.12. The Morgan fingerprint density at radius 1 is 1.06 bits per heavy atom. The number of hydrogen-bond acceptors (Lipinski definition) is 7. The van der Waals surface area contributed by atoms with Crippen LogP contribution in [0.1, 0.15) is 48.5 Å². The molecule has 6 rings (SSSR count). The maximum absolute atomic E-state index is 13.5. The van der Waals surface area contributed by atoms with Gasteiger partial charge in [-0.25, -0.2) is 0 Å². The van der Waals surface area contributed by atoms with Crippen molar-refractivity contribution in [3.63, 3.8) is 0 Å². The lowest BCUT2D eigenvalue weighted by Crippen LogP contribution is -2.42. The number of aromatic amines is 1. The number of phenolic OH excluding ortho intramolecular Hbond substituents is 1. The van der Waals surface area contributed by atoms with Gasteiger partial charge in [0.05, 0.1) is 16.9 Å². The average Bonchev–Trinajstić information content (AvgIpc) is 3.54. The van der Waals surface area contributed by atoms with Crippen molar-refractivity contribution in [3.8, 4) is 5.75 Å². The Bertz CT molecular complexity index is 1270. The molecule has 8 nitrogen and oxygen atoms in total. The highest BCUT2D eigenvalue weighted by Crippen LogP contribution is 2.68. The normalized spacial score (nSPS) is 32.6. The second-order valence-electron chi connectivity index (χ2n) is 10.1. The van der Waals surface area contributed by atoms with Gasteiger partial charge < -0.3 is 15.2 Å². The second kappa shape index (κ2) is 8.51. The van der Waals surface area contributed by atoms with Gasteiger partial charge in [-0.3, -0.25) is 24.1 Å². The van der Waals surface area contributed by atoms with Gasteiger partial charge in [0.15, 0.2) is 0 Å². The summed E-state index contributed by atoms with van der Waals surface area (Å²) in [6, 6.07) is 7.22. The number of imide groups is 1. The van der Waals surface area contributed by atoms with Crippen LogP contribution in [-0.2, 0) is 14.4 Å². The van der Waals surface area contributed by atoms with Crippen molar-refractivity contribution in [1.29, 1.82) is 0 Å². The predicted octanol–water partition coefficient (Wildman–Crippen LogP) is 3.26. The van der Waals surface area contributed by atoms with Gasteiger partial charge in [-0.05, 0) is 43.1 Å². The molecule has 3 fully saturated rings. The number of aliphatic carboxylic acids is 1. The summed E-state index contributed by atoms with van der Waals surface area (Å²) in [6.07, 6.45) is 2.71. The number of H-pyrrole nitrogens is 1. The summed E-state index contributed by atoms with van der Waals surface area (Å²) < 4.78 is 0. The number of aromatic hydroxyl groups is 1. The first-order valence-electron chi connectivity index (χ1n) is 12.1. The molecular weight excluding hydrogens is 488 g/mol. The molecule has 3 heterocycles. The number of para-hydroxylation sites is 1. The molecule has 1 saturated heterocycles. The van der Waals surface area contributed by atoms with Crippen molar-refractivity contribution >= 4 is 40.9 Å². The third kappa shape index (κ3) is 3.48. The molecular formula is C25H26N2O6S2. The number of aromatic nitrogens is 1. The zero-order valence-electron chi connectivity index (χ0n) is 18.9. The maximum atomic E-state index is 13.5. The number of thiazole rings is 1. The van der Waals surface area contributed by atoms with E-state index in [2.05, 4.69) is 4.98 Å². The Balaban J connectivity index is 1.30. The SMILES string of the molecule is O=C(O)CCCCCN1C(=O)[C@@H]2[C@H]3C[C@@H]([C@H]4Sc5[nH]c(=O)sc5[C@@H](c5ccccc5O)[C@@H]34)[C@H]2C1=O. The third-order valence-corrected chi connectivity index (χ3v) is 10.9. The van der Waals surface area contributed by atoms with Gasteiger partial charge in [-0.2, -0.15) is 0 Å². The number of amides is 2. The Morgan fingerprint density at radius 2 is 1.80 bits per heavy atom. The van der Waals surface area contributed by atoms with Gasteiger partial charge in [0.25, 0.3) is 0 Å². The number of benzene rings is 1. The quantitative estimate of drug-likeness (QED) is 0.382. The molecule has 10 heteroatoms. The van der Waals surface area contributed by atoms with E-state index in [9.17, 15) is 24.3 Å². The molecule has 1 aromatic heterocycles. The Kier molecular flexibility index (Phi) is 5.56. The molecule has 4 aliphatic rings. The van der Waals surface area contributed by atoms with Crippen LogP contribution in [0, 0.1) is 29.6 Å². The number of nitrogens with zero attached hydrogens (tertiary/aromatic N) is 1. The lowest BCUT2D eigenvalue weighted by molar-refractivity contribution is -0.141. The fraction of sp³-hybridized carbons (Fsp3) is 0.520. The third-order valence-electron chi connectivity index (χ3n) is 8.36. The minimum atomic E-state index is -0.835. The molecule has 1 aromatic carbocycles. The van der Waals surface area contributed by atoms with E-state index in [0.717, 1.165) is 21.9 Å². The number of nitrogens with one attached hydrogen (secondary N) is 1. The average molecular weight is 515 g/mol. The maximum Gasteiger partial charge on any atom is 0.305 e. The highest BCUT2D eigenvalue weighted by Gasteiger charge is 2.69. The molecule has 0 unspecified atom stereocenters. The lowest BCUT2D eigenvalue weighted by atomic mass is 9.68. The standard InChI is InChI=1S/C25H26N2O6S2/c28-14-7-4-3-6-11(14)16-17-12-10-13(20(17)34-22-21(16)35-25(33)26-22)19-18(12)23(31)27(24(19)32)9-5-1-2-8-15(29)30/h3-4,6-7,12-13,16-20,28H,1-2,5,8-10H2,(H,26,33)(H,29,30)/t12-,13+,16-,17+,18+,19+,20+/m0/s1. The highest BCUT2D eigenvalue weighted by molar-refractivity contribution is 8.00. The molecule has 35 heavy (non-hydrogen) atoms. The van der Waals surface area contributed by atoms with Gasteiger partial charge in [-0.15, -0.1) is 11.8 Å². The summed E-state index contributed by atoms with van der Waals surface area (Å²) in [5, 5.41) is 20.5. The summed E-state index contributed by atoms with van der Waals surface area (Å²) >= 11 is 2.81. The van der Waals surface area contributed by atoms with E-state index in [0.29, 0.717) is 25.8 Å². The molecule has 2 aliphatic carbocycles. The molecule has 2 aromatic rings. The van der Waals surface area contributed by atoms with Crippen molar-refractivity contribution in [3.05, 3.63) is 44.4 Å². The van der Waals surface area contributed by atoms with Crippen molar-refractivity contribution in [2.24, 2.45) is 29.6 Å². The number of rotatable bonds is 7. The smallest absolute Gasteiger partial charge is 0.305 e. The Hall–Kier alpha value is -2.59. The first kappa shape index (κ1) is 22.8. The van der Waals surface area contributed by atoms with E-state index >= 15 is 0 Å². The zero-order chi connectivity index (χ0) is 24.4. The van der Waals surface area contributed by atoms with Crippen LogP contribution in [0.4, 0.5) is 0 Å². The summed E-state index contributed by atoms with van der Waals surface area (Å²) in [4.78, 5) is 55.1. The number of phenols is 1. The molecule has 2 amide bonds. The first-order valence-corrected chi connectivity index (χ1v) is 13.8. The van der Waals surface area contributed by atoms with E-state index in [-0.39, 0.29) is 69.6 Å². The van der Waals surface area contributed by atoms with Crippen LogP contribution in [0.15, 0.2) is 34.1 Å². The fourth-order valence-corrected chi connectivity index (χ4v) is 10.0. The lowest BCUT2D eigenvalue weighted by Gasteiger charge is -2.43. The van der Waals surface area contributed by atoms with Gasteiger partial charge in [0, 0.05) is 34.6 Å². The topological polar surface area (TPSA) is 128 Å². The van der Waals surface area contributed by atoms with E-state index < -0.39 is 5.97 Å². The van der Waals surface area contributed by atoms with Crippen molar-refractivity contribution in [2.45, 2.75) is 48.3 Å². The number of carbonyl (C=O) groups excluding carboxylic acids is 2. The number of carbonyl (C=O) groups is 3. The Labute approximate surface area is 209 Å². The van der Waals surface area contributed by atoms with Crippen LogP contribution < -0.4 is 4.87 Å². The first-order chi connectivity index (χ1) is 16.9. The van der Waals surface area contributed by atoms with E-state index in [1.807, 2.05) is 12.1 Å². The minimum absolute atomic E-state index is 0.0194. The Morgan fingerprint density at radius 3 is 2.54 bits per heavy atom. The molecule has 2 aliphatic heterocycles. The van der Waals surface area contributed by atoms with Crippen LogP contribution in [0.25, 0.3) is 0 Å². The number of carboxylic acid groups (broad SMARTS) is 1. The van der Waals surface area contributed by atoms with Crippen LogP contribution in [0.2, 0.25) is 0 Å². The second-order valence-corrected chi connectivity index (χ2v) is 12.3. The molecule has 184 valence electrons. The minimum Gasteiger partial charge on any atom is -0.508 e. The zero-order valence-corrected chi connectivity index (χ0v) is 20.5. The van der Waals surface area contributed by atoms with Crippen molar-refractivity contribution in [1.82, 2.24) is 9.88 Å². The van der Waals surface area contributed by atoms with Crippen LogP contribution in [-0.4, -0.2) is 49.7 Å². The number of fused-ring (bicyclic) bond motifs is 9. The van der Waals surface area contributed by atoms with Gasteiger partial charge in [-0.1, -0.05) is 36.0 Å². The molecule has 0 radical (unpaired) electrons. The molecule has 2 bridgehead atoms. The molecule has 2 saturated carbocycles. The number of hydrogen-bond donors (Lipinski definition) is 3. The number of thioether (sulfide) groups is 1. The summed E-state index contributed by atoms with van der Waals surface area (Å²) in [7, 11) is 0. The molecule has 7 atom stereocenters. The molecule has 0 spiro atoms. The van der Waals surface area contributed by atoms with Crippen LogP contribution in [0.3, 0.4) is 0 Å². The van der Waals surface area contributed by atoms with E-state index in [1.54, 1.807) is 23.9 Å². The summed E-state index contributed by atoms with van der Waals surface area (Å²) in [5.74, 6) is -1.56. The van der Waals surface area contributed by atoms with Crippen LogP contribution >= 0.6 is 23.1 Å².